The molecule has 0 aliphatic rings. The minimum atomic E-state index is -6.41. The summed E-state index contributed by atoms with van der Waals surface area (Å²) >= 11 is 0. The van der Waals surface area contributed by atoms with Crippen LogP contribution in [0.4, 0.5) is 39.5 Å². The van der Waals surface area contributed by atoms with Crippen LogP contribution in [0.25, 0.3) is 0 Å². The van der Waals surface area contributed by atoms with Crippen LogP contribution in [0.5, 0.6) is 0 Å². The first kappa shape index (κ1) is 16.6. The summed E-state index contributed by atoms with van der Waals surface area (Å²) in [5.41, 5.74) is 0. The highest BCUT2D eigenvalue weighted by molar-refractivity contribution is 7.65. The molecule has 0 rings (SSSR count). The Hall–Kier alpha value is -0.400. The Morgan fingerprint density at radius 2 is 0.706 bits per heavy atom. The zero-order valence-corrected chi connectivity index (χ0v) is 8.62. The molecule has 0 spiro atoms. The lowest BCUT2D eigenvalue weighted by Crippen LogP contribution is -2.31. The first-order chi connectivity index (χ1) is 7.56. The lowest BCUT2D eigenvalue weighted by atomic mass is 10.8. The zero-order valence-electron chi connectivity index (χ0n) is 7.72. The summed E-state index contributed by atoms with van der Waals surface area (Å²) < 4.78 is 120. The van der Waals surface area contributed by atoms with Gasteiger partial charge in [-0.15, -0.1) is 0 Å². The van der Waals surface area contributed by atoms with E-state index in [-0.39, 0.29) is 0 Å². The molecule has 3 atom stereocenters. The predicted octanol–water partition coefficient (Wildman–Crippen LogP) is 4.03. The Labute approximate surface area is 89.3 Å². The monoisotopic (exact) mass is 296 g/mol. The van der Waals surface area contributed by atoms with E-state index in [1.54, 1.807) is 0 Å². The van der Waals surface area contributed by atoms with E-state index in [9.17, 15) is 44.1 Å². The lowest BCUT2D eigenvalue weighted by molar-refractivity contribution is 0.0480. The van der Waals surface area contributed by atoms with E-state index in [1.165, 1.54) is 0 Å². The Kier molecular flexibility index (Phi) is 5.83. The van der Waals surface area contributed by atoms with E-state index >= 15 is 0 Å². The van der Waals surface area contributed by atoms with Crippen molar-refractivity contribution in [2.75, 3.05) is 0 Å². The van der Waals surface area contributed by atoms with Crippen molar-refractivity contribution in [2.24, 2.45) is 0 Å². The molecule has 0 aliphatic carbocycles. The van der Waals surface area contributed by atoms with Gasteiger partial charge in [-0.2, -0.15) is 0 Å². The maximum atomic E-state index is 12.6. The van der Waals surface area contributed by atoms with Crippen molar-refractivity contribution in [3.63, 3.8) is 0 Å². The highest BCUT2D eigenvalue weighted by Gasteiger charge is 2.58. The first-order valence-corrected chi connectivity index (χ1v) is 5.84. The van der Waals surface area contributed by atoms with Crippen molar-refractivity contribution in [1.29, 1.82) is 0 Å². The third-order valence-electron chi connectivity index (χ3n) is 1.78. The highest BCUT2D eigenvalue weighted by Crippen LogP contribution is 2.65. The molecule has 1 nitrogen and oxygen atoms in total. The van der Waals surface area contributed by atoms with Crippen LogP contribution in [0.3, 0.4) is 0 Å². The Morgan fingerprint density at radius 1 is 0.529 bits per heavy atom. The third kappa shape index (κ3) is 3.29. The molecule has 0 saturated carbocycles. The van der Waals surface area contributed by atoms with Crippen molar-refractivity contribution in [3.8, 4) is 0 Å². The standard InChI is InChI=1S/C6H6F9OP/c7-1(8)4(13)17(16,5(14)2(9)10)6(15)3(11)12/h1-6H. The third-order valence-corrected chi connectivity index (χ3v) is 4.77. The summed E-state index contributed by atoms with van der Waals surface area (Å²) in [6.07, 6.45) is -12.9. The Balaban J connectivity index is 5.44. The van der Waals surface area contributed by atoms with E-state index in [0.29, 0.717) is 0 Å². The molecule has 0 radical (unpaired) electrons. The van der Waals surface area contributed by atoms with Crippen LogP contribution in [0.2, 0.25) is 0 Å². The Morgan fingerprint density at radius 3 is 0.824 bits per heavy atom. The van der Waals surface area contributed by atoms with Crippen LogP contribution in [-0.2, 0) is 4.57 Å². The van der Waals surface area contributed by atoms with Gasteiger partial charge in [-0.1, -0.05) is 0 Å². The van der Waals surface area contributed by atoms with E-state index in [2.05, 4.69) is 0 Å². The van der Waals surface area contributed by atoms with Gasteiger partial charge in [0.25, 0.3) is 19.3 Å². The Bertz CT molecular complexity index is 240. The van der Waals surface area contributed by atoms with Crippen LogP contribution in [0, 0.1) is 0 Å². The molecular formula is C6H6F9OP. The van der Waals surface area contributed by atoms with Gasteiger partial charge in [-0.3, -0.25) is 0 Å². The fourth-order valence-corrected chi connectivity index (χ4v) is 2.81. The second-order valence-corrected chi connectivity index (χ2v) is 5.89. The summed E-state index contributed by atoms with van der Waals surface area (Å²) in [4.78, 5) is 0. The number of halogens is 9. The van der Waals surface area contributed by atoms with Gasteiger partial charge in [0.2, 0.25) is 24.9 Å². The molecule has 0 amide bonds. The van der Waals surface area contributed by atoms with Crippen LogP contribution in [0.15, 0.2) is 0 Å². The highest BCUT2D eigenvalue weighted by atomic mass is 31.2. The quantitative estimate of drug-likeness (QED) is 0.534. The molecule has 0 fully saturated rings. The molecule has 0 aromatic rings. The van der Waals surface area contributed by atoms with Gasteiger partial charge in [-0.05, 0) is 0 Å². The lowest BCUT2D eigenvalue weighted by Gasteiger charge is -2.26. The zero-order chi connectivity index (χ0) is 14.0. The van der Waals surface area contributed by atoms with Crippen molar-refractivity contribution in [3.05, 3.63) is 0 Å². The second-order valence-electron chi connectivity index (χ2n) is 2.88. The molecule has 0 aromatic heterocycles. The molecule has 17 heavy (non-hydrogen) atoms. The largest absolute Gasteiger partial charge is 0.314 e. The molecule has 3 unspecified atom stereocenters. The number of hydrogen-bond acceptors (Lipinski definition) is 1. The second kappa shape index (κ2) is 5.97. The molecule has 104 valence electrons. The molecule has 0 N–H and O–H groups in total. The van der Waals surface area contributed by atoms with Gasteiger partial charge in [0, 0.05) is 0 Å². The summed E-state index contributed by atoms with van der Waals surface area (Å²) in [5.74, 6) is -12.6. The topological polar surface area (TPSA) is 17.1 Å². The number of hydrogen-bond donors (Lipinski definition) is 0. The predicted molar refractivity (Wildman–Crippen MR) is 40.3 cm³/mol. The number of rotatable bonds is 6. The summed E-state index contributed by atoms with van der Waals surface area (Å²) in [7, 11) is -6.41. The first-order valence-electron chi connectivity index (χ1n) is 3.92. The van der Waals surface area contributed by atoms with Gasteiger partial charge in [0.1, 0.15) is 0 Å². The minimum absolute atomic E-state index is 4.21. The van der Waals surface area contributed by atoms with Crippen molar-refractivity contribution in [2.45, 2.75) is 37.0 Å². The fraction of sp³-hybridized carbons (Fsp3) is 1.00. The van der Waals surface area contributed by atoms with E-state index in [1.807, 2.05) is 0 Å². The maximum absolute atomic E-state index is 12.6. The van der Waals surface area contributed by atoms with Gasteiger partial charge in [0.15, 0.2) is 0 Å². The molecule has 0 heterocycles. The molecule has 0 aromatic carbocycles. The van der Waals surface area contributed by atoms with Crippen LogP contribution in [-0.4, -0.2) is 37.0 Å². The molecule has 0 saturated heterocycles. The fourth-order valence-electron chi connectivity index (χ4n) is 0.937. The van der Waals surface area contributed by atoms with Gasteiger partial charge in [-0.25, -0.2) is 39.5 Å². The summed E-state index contributed by atoms with van der Waals surface area (Å²) in [6.45, 7) is 0. The minimum Gasteiger partial charge on any atom is -0.314 e. The van der Waals surface area contributed by atoms with Crippen molar-refractivity contribution in [1.82, 2.24) is 0 Å². The van der Waals surface area contributed by atoms with E-state index < -0.39 is 44.2 Å². The van der Waals surface area contributed by atoms with Gasteiger partial charge < -0.3 is 4.57 Å². The maximum Gasteiger partial charge on any atom is 0.276 e. The molecular weight excluding hydrogens is 290 g/mol. The van der Waals surface area contributed by atoms with E-state index in [4.69, 9.17) is 0 Å². The van der Waals surface area contributed by atoms with Gasteiger partial charge in [0.05, 0.1) is 0 Å². The van der Waals surface area contributed by atoms with E-state index in [0.717, 1.165) is 0 Å². The van der Waals surface area contributed by atoms with Gasteiger partial charge >= 0.3 is 0 Å². The van der Waals surface area contributed by atoms with Crippen molar-refractivity contribution < 1.29 is 44.1 Å². The van der Waals surface area contributed by atoms with Crippen LogP contribution >= 0.6 is 7.14 Å². The summed E-state index contributed by atoms with van der Waals surface area (Å²) in [6, 6.07) is 0. The molecule has 11 heteroatoms. The smallest absolute Gasteiger partial charge is 0.276 e. The van der Waals surface area contributed by atoms with Crippen molar-refractivity contribution >= 4 is 7.14 Å². The average Bonchev–Trinajstić information content (AvgIpc) is 2.24. The van der Waals surface area contributed by atoms with Crippen LogP contribution < -0.4 is 0 Å². The molecule has 0 aliphatic heterocycles. The summed E-state index contributed by atoms with van der Waals surface area (Å²) in [5, 5.41) is 0. The van der Waals surface area contributed by atoms with Crippen LogP contribution in [0.1, 0.15) is 0 Å². The normalized spacial score (nSPS) is 21.6. The number of alkyl halides is 9. The molecule has 0 bridgehead atoms. The SMILES string of the molecule is O=P(C(F)C(F)F)(C(F)C(F)F)C(F)C(F)F. The average molecular weight is 296 g/mol.